The average molecular weight is 473 g/mol. The van der Waals surface area contributed by atoms with E-state index >= 15 is 0 Å². The number of carbonyl (C=O) groups is 2. The molecule has 0 saturated carbocycles. The van der Waals surface area contributed by atoms with Gasteiger partial charge in [-0.25, -0.2) is 4.98 Å². The molecule has 2 N–H and O–H groups in total. The van der Waals surface area contributed by atoms with Crippen molar-refractivity contribution in [2.24, 2.45) is 0 Å². The number of methoxy groups -OCH3 is 1. The number of thioether (sulfide) groups is 1. The number of hydrogen-bond acceptors (Lipinski definition) is 8. The van der Waals surface area contributed by atoms with E-state index < -0.39 is 10.8 Å². The third-order valence-corrected chi connectivity index (χ3v) is 6.15. The van der Waals surface area contributed by atoms with Crippen molar-refractivity contribution < 1.29 is 19.2 Å². The molecule has 0 saturated heterocycles. The second kappa shape index (κ2) is 10.7. The minimum absolute atomic E-state index is 0.109. The fourth-order valence-corrected chi connectivity index (χ4v) is 4.31. The fourth-order valence-electron chi connectivity index (χ4n) is 2.78. The number of rotatable bonds is 9. The highest BCUT2D eigenvalue weighted by Gasteiger charge is 2.18. The highest BCUT2D eigenvalue weighted by atomic mass is 32.2. The van der Waals surface area contributed by atoms with Crippen LogP contribution in [0.2, 0.25) is 0 Å². The molecule has 0 aliphatic heterocycles. The third kappa shape index (κ3) is 6.05. The standard InChI is InChI=1S/C21H20N4O5S2/c1-13-17(4-3-5-18(13)25(28)29)20(27)24-21-23-15(11-32-21)10-31-12-19(26)22-14-6-8-16(30-2)9-7-14/h3-9,11H,10,12H2,1-2H3,(H,22,26)(H,23,24,27). The maximum Gasteiger partial charge on any atom is 0.273 e. The largest absolute Gasteiger partial charge is 0.497 e. The average Bonchev–Trinajstić information content (AvgIpc) is 3.21. The van der Waals surface area contributed by atoms with Crippen LogP contribution in [0, 0.1) is 17.0 Å². The lowest BCUT2D eigenvalue weighted by atomic mass is 10.1. The molecule has 166 valence electrons. The monoisotopic (exact) mass is 472 g/mol. The smallest absolute Gasteiger partial charge is 0.273 e. The van der Waals surface area contributed by atoms with Gasteiger partial charge in [0.15, 0.2) is 5.13 Å². The normalized spacial score (nSPS) is 10.4. The number of ether oxygens (including phenoxy) is 1. The molecule has 2 amide bonds. The maximum absolute atomic E-state index is 12.5. The number of benzene rings is 2. The zero-order valence-corrected chi connectivity index (χ0v) is 18.9. The van der Waals surface area contributed by atoms with E-state index in [0.717, 1.165) is 5.69 Å². The SMILES string of the molecule is COc1ccc(NC(=O)CSCc2csc(NC(=O)c3cccc([N+](=O)[O-])c3C)n2)cc1. The Bertz CT molecular complexity index is 1130. The molecular formula is C21H20N4O5S2. The lowest BCUT2D eigenvalue weighted by Crippen LogP contribution is -2.14. The van der Waals surface area contributed by atoms with Crippen LogP contribution in [0.4, 0.5) is 16.5 Å². The second-order valence-electron chi connectivity index (χ2n) is 6.57. The van der Waals surface area contributed by atoms with Crippen molar-refractivity contribution in [3.63, 3.8) is 0 Å². The van der Waals surface area contributed by atoms with Crippen molar-refractivity contribution in [1.29, 1.82) is 0 Å². The Hall–Kier alpha value is -3.44. The Morgan fingerprint density at radius 3 is 2.62 bits per heavy atom. The van der Waals surface area contributed by atoms with Crippen molar-refractivity contribution in [3.05, 3.63) is 74.8 Å². The molecule has 3 rings (SSSR count). The molecule has 2 aromatic carbocycles. The van der Waals surface area contributed by atoms with E-state index in [2.05, 4.69) is 15.6 Å². The van der Waals surface area contributed by atoms with Crippen LogP contribution >= 0.6 is 23.1 Å². The van der Waals surface area contributed by atoms with E-state index in [9.17, 15) is 19.7 Å². The Morgan fingerprint density at radius 2 is 1.94 bits per heavy atom. The molecule has 0 aliphatic rings. The first-order valence-corrected chi connectivity index (χ1v) is 11.4. The van der Waals surface area contributed by atoms with Gasteiger partial charge in [0.1, 0.15) is 5.75 Å². The second-order valence-corrected chi connectivity index (χ2v) is 8.42. The summed E-state index contributed by atoms with van der Waals surface area (Å²) in [5, 5.41) is 18.7. The summed E-state index contributed by atoms with van der Waals surface area (Å²) in [6.07, 6.45) is 0. The van der Waals surface area contributed by atoms with Gasteiger partial charge in [0.2, 0.25) is 5.91 Å². The highest BCUT2D eigenvalue weighted by molar-refractivity contribution is 7.99. The molecule has 11 heteroatoms. The summed E-state index contributed by atoms with van der Waals surface area (Å²) in [4.78, 5) is 39.5. The number of nitro benzene ring substituents is 1. The third-order valence-electron chi connectivity index (χ3n) is 4.38. The van der Waals surface area contributed by atoms with E-state index in [1.165, 1.54) is 48.2 Å². The number of nitrogens with zero attached hydrogens (tertiary/aromatic N) is 2. The first-order valence-electron chi connectivity index (χ1n) is 9.38. The molecule has 32 heavy (non-hydrogen) atoms. The minimum Gasteiger partial charge on any atom is -0.497 e. The molecule has 0 radical (unpaired) electrons. The van der Waals surface area contributed by atoms with Gasteiger partial charge in [0, 0.05) is 34.0 Å². The molecular weight excluding hydrogens is 452 g/mol. The summed E-state index contributed by atoms with van der Waals surface area (Å²) >= 11 is 2.65. The fraction of sp³-hybridized carbons (Fsp3) is 0.190. The van der Waals surface area contributed by atoms with Gasteiger partial charge in [-0.1, -0.05) is 6.07 Å². The van der Waals surface area contributed by atoms with Crippen LogP contribution in [0.3, 0.4) is 0 Å². The zero-order valence-electron chi connectivity index (χ0n) is 17.3. The summed E-state index contributed by atoms with van der Waals surface area (Å²) in [6.45, 7) is 1.54. The van der Waals surface area contributed by atoms with Crippen LogP contribution in [0.5, 0.6) is 5.75 Å². The van der Waals surface area contributed by atoms with Crippen LogP contribution in [0.1, 0.15) is 21.6 Å². The van der Waals surface area contributed by atoms with E-state index in [4.69, 9.17) is 4.74 Å². The van der Waals surface area contributed by atoms with E-state index in [1.54, 1.807) is 36.8 Å². The molecule has 0 bridgehead atoms. The Labute approximate surface area is 192 Å². The first-order chi connectivity index (χ1) is 15.4. The summed E-state index contributed by atoms with van der Waals surface area (Å²) in [5.41, 5.74) is 1.82. The summed E-state index contributed by atoms with van der Waals surface area (Å²) in [6, 6.07) is 11.4. The molecule has 0 atom stereocenters. The van der Waals surface area contributed by atoms with Crippen LogP contribution < -0.4 is 15.4 Å². The minimum atomic E-state index is -0.518. The quantitative estimate of drug-likeness (QED) is 0.347. The number of anilines is 2. The van der Waals surface area contributed by atoms with Crippen molar-refractivity contribution in [1.82, 2.24) is 4.98 Å². The number of nitrogens with one attached hydrogen (secondary N) is 2. The Morgan fingerprint density at radius 1 is 1.19 bits per heavy atom. The van der Waals surface area contributed by atoms with Gasteiger partial charge in [0.25, 0.3) is 11.6 Å². The molecule has 0 aliphatic carbocycles. The Balaban J connectivity index is 1.49. The van der Waals surface area contributed by atoms with Crippen LogP contribution in [-0.4, -0.2) is 34.6 Å². The molecule has 0 spiro atoms. The Kier molecular flexibility index (Phi) is 7.79. The number of carbonyl (C=O) groups excluding carboxylic acids is 2. The van der Waals surface area contributed by atoms with Crippen molar-refractivity contribution >= 4 is 51.4 Å². The van der Waals surface area contributed by atoms with Crippen molar-refractivity contribution in [3.8, 4) is 5.75 Å². The summed E-state index contributed by atoms with van der Waals surface area (Å²) in [7, 11) is 1.58. The molecule has 0 fully saturated rings. The van der Waals surface area contributed by atoms with Gasteiger partial charge in [-0.3, -0.25) is 25.0 Å². The van der Waals surface area contributed by atoms with Crippen molar-refractivity contribution in [2.45, 2.75) is 12.7 Å². The van der Waals surface area contributed by atoms with Crippen LogP contribution in [-0.2, 0) is 10.5 Å². The molecule has 3 aromatic rings. The van der Waals surface area contributed by atoms with E-state index in [1.807, 2.05) is 0 Å². The van der Waals surface area contributed by atoms with Gasteiger partial charge in [0.05, 0.1) is 23.5 Å². The van der Waals surface area contributed by atoms with Gasteiger partial charge in [-0.2, -0.15) is 0 Å². The first kappa shape index (κ1) is 23.2. The number of nitro groups is 1. The van der Waals surface area contributed by atoms with E-state index in [0.29, 0.717) is 27.9 Å². The van der Waals surface area contributed by atoms with Gasteiger partial charge >= 0.3 is 0 Å². The van der Waals surface area contributed by atoms with E-state index in [-0.39, 0.29) is 22.9 Å². The molecule has 0 unspecified atom stereocenters. The number of aromatic nitrogens is 1. The van der Waals surface area contributed by atoms with Gasteiger partial charge < -0.3 is 10.1 Å². The topological polar surface area (TPSA) is 123 Å². The lowest BCUT2D eigenvalue weighted by molar-refractivity contribution is -0.385. The van der Waals surface area contributed by atoms with Gasteiger partial charge in [-0.15, -0.1) is 23.1 Å². The zero-order chi connectivity index (χ0) is 23.1. The predicted molar refractivity (Wildman–Crippen MR) is 126 cm³/mol. The van der Waals surface area contributed by atoms with Crippen molar-refractivity contribution in [2.75, 3.05) is 23.5 Å². The van der Waals surface area contributed by atoms with Gasteiger partial charge in [-0.05, 0) is 37.3 Å². The molecule has 1 heterocycles. The summed E-state index contributed by atoms with van der Waals surface area (Å²) in [5.74, 6) is 0.865. The number of hydrogen-bond donors (Lipinski definition) is 2. The number of amides is 2. The lowest BCUT2D eigenvalue weighted by Gasteiger charge is -2.06. The van der Waals surface area contributed by atoms with Crippen LogP contribution in [0.25, 0.3) is 0 Å². The predicted octanol–water partition coefficient (Wildman–Crippen LogP) is 4.49. The number of thiazole rings is 1. The molecule has 1 aromatic heterocycles. The molecule has 9 nitrogen and oxygen atoms in total. The summed E-state index contributed by atoms with van der Waals surface area (Å²) < 4.78 is 5.08. The highest BCUT2D eigenvalue weighted by Crippen LogP contribution is 2.24. The van der Waals surface area contributed by atoms with Crippen LogP contribution in [0.15, 0.2) is 47.8 Å². The maximum atomic E-state index is 12.5.